The Morgan fingerprint density at radius 2 is 1.86 bits per heavy atom. The highest BCUT2D eigenvalue weighted by molar-refractivity contribution is 7.99. The number of rotatable bonds is 9. The maximum Gasteiger partial charge on any atom is 0.251 e. The lowest BCUT2D eigenvalue weighted by Gasteiger charge is -2.21. The van der Waals surface area contributed by atoms with Crippen LogP contribution in [0.4, 0.5) is 4.39 Å². The predicted octanol–water partition coefficient (Wildman–Crippen LogP) is 3.77. The van der Waals surface area contributed by atoms with Gasteiger partial charge < -0.3 is 5.32 Å². The van der Waals surface area contributed by atoms with Crippen LogP contribution >= 0.6 is 11.8 Å². The molecule has 0 unspecified atom stereocenters. The average Bonchev–Trinajstić information content (AvgIpc) is 2.68. The summed E-state index contributed by atoms with van der Waals surface area (Å²) in [7, 11) is -2.11. The van der Waals surface area contributed by atoms with Crippen molar-refractivity contribution in [2.45, 2.75) is 36.1 Å². The van der Waals surface area contributed by atoms with Crippen molar-refractivity contribution < 1.29 is 17.6 Å². The molecular weight excluding hydrogens is 399 g/mol. The van der Waals surface area contributed by atoms with Crippen LogP contribution in [0.3, 0.4) is 0 Å². The first kappa shape index (κ1) is 22.4. The van der Waals surface area contributed by atoms with E-state index in [-0.39, 0.29) is 22.7 Å². The summed E-state index contributed by atoms with van der Waals surface area (Å²) in [6, 6.07) is 12.2. The third-order valence-electron chi connectivity index (χ3n) is 4.19. The van der Waals surface area contributed by atoms with Gasteiger partial charge in [0.1, 0.15) is 5.82 Å². The van der Waals surface area contributed by atoms with Gasteiger partial charge in [0.2, 0.25) is 10.0 Å². The number of sulfonamides is 1. The lowest BCUT2D eigenvalue weighted by Crippen LogP contribution is -2.33. The van der Waals surface area contributed by atoms with Gasteiger partial charge >= 0.3 is 0 Å². The quantitative estimate of drug-likeness (QED) is 0.492. The predicted molar refractivity (Wildman–Crippen MR) is 111 cm³/mol. The third kappa shape index (κ3) is 6.05. The third-order valence-corrected chi connectivity index (χ3v) is 7.32. The topological polar surface area (TPSA) is 66.5 Å². The molecule has 0 aliphatic carbocycles. The highest BCUT2D eigenvalue weighted by atomic mass is 32.2. The molecule has 0 aliphatic rings. The second kappa shape index (κ2) is 10.0. The molecule has 0 bridgehead atoms. The van der Waals surface area contributed by atoms with E-state index < -0.39 is 10.0 Å². The molecule has 0 aromatic heterocycles. The van der Waals surface area contributed by atoms with Crippen LogP contribution < -0.4 is 5.32 Å². The van der Waals surface area contributed by atoms with Crippen molar-refractivity contribution in [3.05, 3.63) is 59.9 Å². The van der Waals surface area contributed by atoms with Crippen LogP contribution in [0, 0.1) is 5.82 Å². The number of carbonyl (C=O) groups excluding carboxylic acids is 1. The first-order chi connectivity index (χ1) is 13.2. The van der Waals surface area contributed by atoms with E-state index in [9.17, 15) is 17.6 Å². The van der Waals surface area contributed by atoms with E-state index in [1.165, 1.54) is 35.6 Å². The minimum atomic E-state index is -3.63. The Labute approximate surface area is 170 Å². The van der Waals surface area contributed by atoms with Crippen molar-refractivity contribution in [3.8, 4) is 0 Å². The summed E-state index contributed by atoms with van der Waals surface area (Å²) < 4.78 is 39.3. The van der Waals surface area contributed by atoms with Gasteiger partial charge in [0, 0.05) is 30.1 Å². The number of thioether (sulfide) groups is 1. The lowest BCUT2D eigenvalue weighted by molar-refractivity contribution is 0.0953. The molecule has 0 aliphatic heterocycles. The average molecular weight is 425 g/mol. The minimum Gasteiger partial charge on any atom is -0.352 e. The first-order valence-electron chi connectivity index (χ1n) is 8.96. The monoisotopic (exact) mass is 424 g/mol. The summed E-state index contributed by atoms with van der Waals surface area (Å²) in [5.41, 5.74) is 0.310. The zero-order valence-electron chi connectivity index (χ0n) is 16.2. The maximum absolute atomic E-state index is 12.9. The maximum atomic E-state index is 12.9. The van der Waals surface area contributed by atoms with Crippen molar-refractivity contribution >= 4 is 27.7 Å². The molecule has 2 rings (SSSR count). The summed E-state index contributed by atoms with van der Waals surface area (Å²) in [5.74, 6) is 0.205. The van der Waals surface area contributed by atoms with Gasteiger partial charge in [0.15, 0.2) is 0 Å². The van der Waals surface area contributed by atoms with Gasteiger partial charge in [0.05, 0.1) is 4.90 Å². The molecule has 2 aromatic rings. The molecule has 1 amide bonds. The van der Waals surface area contributed by atoms with Crippen molar-refractivity contribution in [3.63, 3.8) is 0 Å². The number of nitrogens with zero attached hydrogens (tertiary/aromatic N) is 1. The molecule has 0 saturated heterocycles. The number of nitrogens with one attached hydrogen (secondary N) is 1. The molecule has 152 valence electrons. The highest BCUT2D eigenvalue weighted by Gasteiger charge is 2.23. The Kier molecular flexibility index (Phi) is 8.03. The SMILES string of the molecule is CC(C)N(C)S(=O)(=O)c1cccc(C(=O)NCCCSc2ccc(F)cc2)c1. The summed E-state index contributed by atoms with van der Waals surface area (Å²) in [6.45, 7) is 4.05. The molecule has 1 N–H and O–H groups in total. The number of amides is 1. The Morgan fingerprint density at radius 1 is 1.18 bits per heavy atom. The van der Waals surface area contributed by atoms with E-state index >= 15 is 0 Å². The molecule has 2 aromatic carbocycles. The van der Waals surface area contributed by atoms with E-state index in [2.05, 4.69) is 5.32 Å². The van der Waals surface area contributed by atoms with Crippen LogP contribution in [0.1, 0.15) is 30.6 Å². The zero-order valence-corrected chi connectivity index (χ0v) is 17.8. The Hall–Kier alpha value is -1.90. The summed E-state index contributed by atoms with van der Waals surface area (Å²) >= 11 is 1.59. The summed E-state index contributed by atoms with van der Waals surface area (Å²) in [6.07, 6.45) is 0.738. The van der Waals surface area contributed by atoms with Crippen molar-refractivity contribution in [1.82, 2.24) is 9.62 Å². The van der Waals surface area contributed by atoms with Crippen LogP contribution in [0.5, 0.6) is 0 Å². The number of hydrogen-bond donors (Lipinski definition) is 1. The number of carbonyl (C=O) groups is 1. The van der Waals surface area contributed by atoms with Crippen LogP contribution in [-0.2, 0) is 10.0 Å². The van der Waals surface area contributed by atoms with E-state index in [1.54, 1.807) is 49.9 Å². The van der Waals surface area contributed by atoms with E-state index in [4.69, 9.17) is 0 Å². The normalized spacial score (nSPS) is 11.8. The summed E-state index contributed by atoms with van der Waals surface area (Å²) in [4.78, 5) is 13.4. The molecule has 8 heteroatoms. The second-order valence-corrected chi connectivity index (χ2v) is 9.72. The van der Waals surface area contributed by atoms with Gasteiger partial charge in [0.25, 0.3) is 5.91 Å². The minimum absolute atomic E-state index is 0.100. The van der Waals surface area contributed by atoms with Gasteiger partial charge in [-0.3, -0.25) is 4.79 Å². The number of hydrogen-bond acceptors (Lipinski definition) is 4. The van der Waals surface area contributed by atoms with Crippen LogP contribution in [0.25, 0.3) is 0 Å². The van der Waals surface area contributed by atoms with E-state index in [1.807, 2.05) is 0 Å². The highest BCUT2D eigenvalue weighted by Crippen LogP contribution is 2.19. The molecule has 0 spiro atoms. The van der Waals surface area contributed by atoms with Crippen LogP contribution in [0.15, 0.2) is 58.3 Å². The second-order valence-electron chi connectivity index (χ2n) is 6.55. The zero-order chi connectivity index (χ0) is 20.7. The largest absolute Gasteiger partial charge is 0.352 e. The Balaban J connectivity index is 1.88. The fraction of sp³-hybridized carbons (Fsp3) is 0.350. The van der Waals surface area contributed by atoms with Crippen LogP contribution in [0.2, 0.25) is 0 Å². The molecule has 0 radical (unpaired) electrons. The van der Waals surface area contributed by atoms with Crippen molar-refractivity contribution in [1.29, 1.82) is 0 Å². The first-order valence-corrected chi connectivity index (χ1v) is 11.4. The Morgan fingerprint density at radius 3 is 2.50 bits per heavy atom. The smallest absolute Gasteiger partial charge is 0.251 e. The summed E-state index contributed by atoms with van der Waals surface area (Å²) in [5, 5.41) is 2.80. The van der Waals surface area contributed by atoms with Crippen molar-refractivity contribution in [2.24, 2.45) is 0 Å². The fourth-order valence-electron chi connectivity index (χ4n) is 2.34. The van der Waals surface area contributed by atoms with Gasteiger partial charge in [-0.05, 0) is 68.5 Å². The van der Waals surface area contributed by atoms with E-state index in [0.29, 0.717) is 12.1 Å². The van der Waals surface area contributed by atoms with Gasteiger partial charge in [-0.1, -0.05) is 6.07 Å². The molecule has 0 fully saturated rings. The van der Waals surface area contributed by atoms with Gasteiger partial charge in [-0.25, -0.2) is 12.8 Å². The van der Waals surface area contributed by atoms with Gasteiger partial charge in [-0.15, -0.1) is 11.8 Å². The van der Waals surface area contributed by atoms with Crippen LogP contribution in [-0.4, -0.2) is 44.0 Å². The number of benzene rings is 2. The molecule has 28 heavy (non-hydrogen) atoms. The molecular formula is C20H25FN2O3S2. The van der Waals surface area contributed by atoms with Gasteiger partial charge in [-0.2, -0.15) is 4.31 Å². The fourth-order valence-corrected chi connectivity index (χ4v) is 4.61. The molecule has 0 saturated carbocycles. The molecule has 0 heterocycles. The standard InChI is InChI=1S/C20H25FN2O3S2/c1-15(2)23(3)28(25,26)19-7-4-6-16(14-19)20(24)22-12-5-13-27-18-10-8-17(21)9-11-18/h4,6-11,14-15H,5,12-13H2,1-3H3,(H,22,24). The number of halogens is 1. The van der Waals surface area contributed by atoms with Crippen molar-refractivity contribution in [2.75, 3.05) is 19.3 Å². The molecule has 5 nitrogen and oxygen atoms in total. The van der Waals surface area contributed by atoms with E-state index in [0.717, 1.165) is 17.1 Å². The lowest BCUT2D eigenvalue weighted by atomic mass is 10.2. The Bertz CT molecular complexity index is 900. The molecule has 0 atom stereocenters.